The normalized spacial score (nSPS) is 30.5. The fourth-order valence-corrected chi connectivity index (χ4v) is 6.14. The van der Waals surface area contributed by atoms with Gasteiger partial charge in [0.05, 0.1) is 17.7 Å². The zero-order chi connectivity index (χ0) is 34.7. The number of ether oxygens (including phenoxy) is 8. The smallest absolute Gasteiger partial charge is 0.303 e. The standard InChI is InChI=1S/C32H39NO14/c1-14-25(42-16(3)34)28(44-18(5)36)30(46-20(7)38)27(40-14)23-13-33(24-12-10-9-11-22(23)24)32-31(47-21(8)39)29(45-19(6)37)26(15(2)41-32)43-17(4)35/h9-15,25-32H,1-8H3/t14-,15-,25+,26+,27-,28+,29+,30+,31-,32?/m0/s1. The summed E-state index contributed by atoms with van der Waals surface area (Å²) in [7, 11) is 0. The molecule has 3 heterocycles. The molecule has 1 aromatic carbocycles. The van der Waals surface area contributed by atoms with Gasteiger partial charge in [0.1, 0.15) is 6.10 Å². The molecule has 2 aliphatic heterocycles. The molecule has 1 unspecified atom stereocenters. The van der Waals surface area contributed by atoms with E-state index in [4.69, 9.17) is 37.9 Å². The van der Waals surface area contributed by atoms with Gasteiger partial charge >= 0.3 is 35.8 Å². The van der Waals surface area contributed by atoms with E-state index in [0.717, 1.165) is 0 Å². The lowest BCUT2D eigenvalue weighted by Crippen LogP contribution is -2.58. The summed E-state index contributed by atoms with van der Waals surface area (Å²) in [6.07, 6.45) is -9.52. The average molecular weight is 662 g/mol. The Labute approximate surface area is 270 Å². The molecule has 15 nitrogen and oxygen atoms in total. The van der Waals surface area contributed by atoms with Crippen LogP contribution in [0.5, 0.6) is 0 Å². The van der Waals surface area contributed by atoms with Gasteiger partial charge in [-0.05, 0) is 19.9 Å². The molecule has 0 saturated carbocycles. The van der Waals surface area contributed by atoms with Crippen LogP contribution in [0.25, 0.3) is 10.9 Å². The minimum Gasteiger partial charge on any atom is -0.456 e. The number of aromatic nitrogens is 1. The molecule has 2 fully saturated rings. The third-order valence-electron chi connectivity index (χ3n) is 7.68. The number of nitrogens with zero attached hydrogens (tertiary/aromatic N) is 1. The van der Waals surface area contributed by atoms with Gasteiger partial charge < -0.3 is 42.5 Å². The van der Waals surface area contributed by atoms with Gasteiger partial charge in [-0.1, -0.05) is 18.2 Å². The van der Waals surface area contributed by atoms with Crippen LogP contribution in [0.3, 0.4) is 0 Å². The highest BCUT2D eigenvalue weighted by molar-refractivity contribution is 5.85. The molecule has 4 rings (SSSR count). The van der Waals surface area contributed by atoms with Crippen molar-refractivity contribution in [2.45, 2.75) is 117 Å². The average Bonchev–Trinajstić information content (AvgIpc) is 3.33. The fourth-order valence-electron chi connectivity index (χ4n) is 6.14. The number of hydrogen-bond donors (Lipinski definition) is 0. The SMILES string of the molecule is CC(=O)O[C@@H]1[C@H](OC(C)=O)[C@H](C)O[C@@H](c2cn(C3O[C@@H](C)[C@@H](OC(C)=O)[C@@H](OC(C)=O)[C@@H]3OC(C)=O)c3ccccc23)[C@H]1OC(C)=O. The fraction of sp³-hybridized carbons (Fsp3) is 0.562. The highest BCUT2D eigenvalue weighted by Gasteiger charge is 2.53. The largest absolute Gasteiger partial charge is 0.456 e. The van der Waals surface area contributed by atoms with Crippen molar-refractivity contribution in [3.8, 4) is 0 Å². The van der Waals surface area contributed by atoms with Crippen molar-refractivity contribution < 1.29 is 66.7 Å². The van der Waals surface area contributed by atoms with E-state index >= 15 is 0 Å². The van der Waals surface area contributed by atoms with Crippen LogP contribution in [0.15, 0.2) is 30.5 Å². The lowest BCUT2D eigenvalue weighted by atomic mass is 9.90. The minimum absolute atomic E-state index is 0.459. The van der Waals surface area contributed by atoms with Gasteiger partial charge in [-0.3, -0.25) is 28.8 Å². The molecule has 10 atom stereocenters. The van der Waals surface area contributed by atoms with E-state index < -0.39 is 97.0 Å². The molecule has 0 amide bonds. The monoisotopic (exact) mass is 661 g/mol. The predicted molar refractivity (Wildman–Crippen MR) is 158 cm³/mol. The summed E-state index contributed by atoms with van der Waals surface area (Å²) < 4.78 is 47.8. The third-order valence-corrected chi connectivity index (χ3v) is 7.68. The number of fused-ring (bicyclic) bond motifs is 1. The summed E-state index contributed by atoms with van der Waals surface area (Å²) in [6, 6.07) is 7.06. The van der Waals surface area contributed by atoms with E-state index in [1.165, 1.54) is 41.5 Å². The van der Waals surface area contributed by atoms with Crippen molar-refractivity contribution in [3.05, 3.63) is 36.0 Å². The summed E-state index contributed by atoms with van der Waals surface area (Å²) in [5.41, 5.74) is 1.01. The minimum atomic E-state index is -1.29. The van der Waals surface area contributed by atoms with Crippen LogP contribution < -0.4 is 0 Å². The Morgan fingerprint density at radius 2 is 0.957 bits per heavy atom. The predicted octanol–water partition coefficient (Wildman–Crippen LogP) is 2.61. The number of benzene rings is 1. The van der Waals surface area contributed by atoms with E-state index in [9.17, 15) is 28.8 Å². The van der Waals surface area contributed by atoms with Crippen molar-refractivity contribution in [1.82, 2.24) is 4.57 Å². The second kappa shape index (κ2) is 14.5. The molecule has 0 aliphatic carbocycles. The molecule has 1 aromatic heterocycles. The summed E-state index contributed by atoms with van der Waals surface area (Å²) in [5.74, 6) is -4.15. The van der Waals surface area contributed by atoms with Crippen LogP contribution in [0.4, 0.5) is 0 Å². The lowest BCUT2D eigenvalue weighted by Gasteiger charge is -2.44. The Kier molecular flexibility index (Phi) is 10.9. The van der Waals surface area contributed by atoms with Crippen LogP contribution >= 0.6 is 0 Å². The summed E-state index contributed by atoms with van der Waals surface area (Å²) in [6.45, 7) is 10.3. The molecule has 0 spiro atoms. The molecule has 0 N–H and O–H groups in total. The van der Waals surface area contributed by atoms with E-state index in [-0.39, 0.29) is 0 Å². The second-order valence-electron chi connectivity index (χ2n) is 11.4. The van der Waals surface area contributed by atoms with E-state index in [2.05, 4.69) is 0 Å². The number of para-hydroxylation sites is 1. The summed E-state index contributed by atoms with van der Waals surface area (Å²) in [4.78, 5) is 73.2. The maximum atomic E-state index is 12.4. The van der Waals surface area contributed by atoms with Gasteiger partial charge in [-0.25, -0.2) is 0 Å². The van der Waals surface area contributed by atoms with Gasteiger partial charge in [-0.15, -0.1) is 0 Å². The van der Waals surface area contributed by atoms with Gasteiger partial charge in [0.15, 0.2) is 42.9 Å². The first-order valence-electron chi connectivity index (χ1n) is 15.0. The maximum absolute atomic E-state index is 12.4. The molecule has 2 aromatic rings. The highest BCUT2D eigenvalue weighted by atomic mass is 16.7. The zero-order valence-electron chi connectivity index (χ0n) is 27.3. The first kappa shape index (κ1) is 35.4. The lowest BCUT2D eigenvalue weighted by molar-refractivity contribution is -0.259. The molecule has 15 heteroatoms. The van der Waals surface area contributed by atoms with Gasteiger partial charge in [-0.2, -0.15) is 0 Å². The second-order valence-corrected chi connectivity index (χ2v) is 11.4. The van der Waals surface area contributed by atoms with Crippen LogP contribution in [0, 0.1) is 0 Å². The van der Waals surface area contributed by atoms with E-state index in [0.29, 0.717) is 16.5 Å². The molecule has 2 saturated heterocycles. The Hall–Kier alpha value is -4.50. The molecular formula is C32H39NO14. The molecule has 2 aliphatic rings. The quantitative estimate of drug-likeness (QED) is 0.297. The van der Waals surface area contributed by atoms with Crippen LogP contribution in [0.1, 0.15) is 73.3 Å². The van der Waals surface area contributed by atoms with Gasteiger partial charge in [0.2, 0.25) is 0 Å². The van der Waals surface area contributed by atoms with Crippen LogP contribution in [-0.2, 0) is 66.7 Å². The molecule has 256 valence electrons. The maximum Gasteiger partial charge on any atom is 0.303 e. The number of carbonyl (C=O) groups is 6. The topological polar surface area (TPSA) is 181 Å². The summed E-state index contributed by atoms with van der Waals surface area (Å²) >= 11 is 0. The number of rotatable bonds is 8. The van der Waals surface area contributed by atoms with E-state index in [1.807, 2.05) is 0 Å². The third kappa shape index (κ3) is 7.91. The van der Waals surface area contributed by atoms with Gasteiger partial charge in [0.25, 0.3) is 0 Å². The number of hydrogen-bond acceptors (Lipinski definition) is 14. The van der Waals surface area contributed by atoms with Crippen molar-refractivity contribution in [2.75, 3.05) is 0 Å². The Bertz CT molecular complexity index is 1420. The van der Waals surface area contributed by atoms with Crippen molar-refractivity contribution in [2.24, 2.45) is 0 Å². The van der Waals surface area contributed by atoms with Crippen molar-refractivity contribution >= 4 is 46.7 Å². The van der Waals surface area contributed by atoms with Crippen LogP contribution in [-0.4, -0.2) is 89.2 Å². The first-order chi connectivity index (χ1) is 22.1. The Morgan fingerprint density at radius 3 is 1.47 bits per heavy atom. The first-order valence-corrected chi connectivity index (χ1v) is 15.0. The highest BCUT2D eigenvalue weighted by Crippen LogP contribution is 2.43. The summed E-state index contributed by atoms with van der Waals surface area (Å²) in [5, 5.41) is 0.596. The van der Waals surface area contributed by atoms with Gasteiger partial charge in [0, 0.05) is 58.7 Å². The Balaban J connectivity index is 1.89. The molecule has 0 bridgehead atoms. The van der Waals surface area contributed by atoms with Crippen LogP contribution in [0.2, 0.25) is 0 Å². The molecule has 0 radical (unpaired) electrons. The van der Waals surface area contributed by atoms with Crippen molar-refractivity contribution in [1.29, 1.82) is 0 Å². The number of esters is 6. The van der Waals surface area contributed by atoms with Crippen molar-refractivity contribution in [3.63, 3.8) is 0 Å². The number of carbonyl (C=O) groups excluding carboxylic acids is 6. The Morgan fingerprint density at radius 1 is 0.553 bits per heavy atom. The zero-order valence-corrected chi connectivity index (χ0v) is 27.3. The molecule has 47 heavy (non-hydrogen) atoms. The molecular weight excluding hydrogens is 622 g/mol. The van der Waals surface area contributed by atoms with E-state index in [1.54, 1.807) is 48.9 Å².